The summed E-state index contributed by atoms with van der Waals surface area (Å²) in [6, 6.07) is 15.9. The number of nitrogens with zero attached hydrogens (tertiary/aromatic N) is 1. The Morgan fingerprint density at radius 2 is 1.72 bits per heavy atom. The lowest BCUT2D eigenvalue weighted by molar-refractivity contribution is -0.121. The minimum absolute atomic E-state index is 0.105. The van der Waals surface area contributed by atoms with E-state index in [0.29, 0.717) is 17.1 Å². The smallest absolute Gasteiger partial charge is 0.253 e. The summed E-state index contributed by atoms with van der Waals surface area (Å²) in [5.74, 6) is -0.405. The van der Waals surface area contributed by atoms with Crippen LogP contribution >= 0.6 is 11.6 Å². The van der Waals surface area contributed by atoms with Crippen LogP contribution in [-0.4, -0.2) is 56.1 Å². The van der Waals surface area contributed by atoms with Crippen molar-refractivity contribution in [2.24, 2.45) is 0 Å². The molecule has 2 aromatic rings. The van der Waals surface area contributed by atoms with E-state index in [0.717, 1.165) is 38.4 Å². The van der Waals surface area contributed by atoms with Crippen LogP contribution in [0.4, 0.5) is 0 Å². The maximum absolute atomic E-state index is 12.7. The summed E-state index contributed by atoms with van der Waals surface area (Å²) in [6.45, 7) is 4.60. The predicted molar refractivity (Wildman–Crippen MR) is 113 cm³/mol. The highest BCUT2D eigenvalue weighted by atomic mass is 35.5. The second kappa shape index (κ2) is 11.0. The SMILES string of the molecule is O=C(CC(NC(=O)c1ccccc1Cl)c1ccccc1)NCCN1CCOCC1. The molecule has 1 fully saturated rings. The number of hydrogen-bond donors (Lipinski definition) is 2. The van der Waals surface area contributed by atoms with Gasteiger partial charge in [-0.3, -0.25) is 14.5 Å². The van der Waals surface area contributed by atoms with Crippen LogP contribution in [0.15, 0.2) is 54.6 Å². The number of carbonyl (C=O) groups is 2. The fraction of sp³-hybridized carbons (Fsp3) is 0.364. The molecule has 2 amide bonds. The highest BCUT2D eigenvalue weighted by Crippen LogP contribution is 2.20. The van der Waals surface area contributed by atoms with Crippen molar-refractivity contribution in [1.82, 2.24) is 15.5 Å². The first kappa shape index (κ1) is 21.3. The maximum atomic E-state index is 12.7. The minimum Gasteiger partial charge on any atom is -0.379 e. The topological polar surface area (TPSA) is 70.7 Å². The van der Waals surface area contributed by atoms with Crippen LogP contribution in [0, 0.1) is 0 Å². The summed E-state index contributed by atoms with van der Waals surface area (Å²) in [5, 5.41) is 6.29. The van der Waals surface area contributed by atoms with Gasteiger partial charge in [0.25, 0.3) is 5.91 Å². The molecule has 7 heteroatoms. The largest absolute Gasteiger partial charge is 0.379 e. The quantitative estimate of drug-likeness (QED) is 0.695. The third kappa shape index (κ3) is 6.56. The highest BCUT2D eigenvalue weighted by molar-refractivity contribution is 6.33. The molecular formula is C22H26ClN3O3. The molecule has 0 saturated carbocycles. The molecule has 1 saturated heterocycles. The Morgan fingerprint density at radius 1 is 1.03 bits per heavy atom. The first-order valence-electron chi connectivity index (χ1n) is 9.80. The van der Waals surface area contributed by atoms with Crippen molar-refractivity contribution in [3.05, 3.63) is 70.7 Å². The van der Waals surface area contributed by atoms with Gasteiger partial charge in [-0.2, -0.15) is 0 Å². The Labute approximate surface area is 176 Å². The van der Waals surface area contributed by atoms with Crippen LogP contribution in [0.5, 0.6) is 0 Å². The number of hydrogen-bond acceptors (Lipinski definition) is 4. The summed E-state index contributed by atoms with van der Waals surface area (Å²) >= 11 is 6.14. The van der Waals surface area contributed by atoms with Crippen LogP contribution < -0.4 is 10.6 Å². The average molecular weight is 416 g/mol. The Morgan fingerprint density at radius 3 is 2.45 bits per heavy atom. The van der Waals surface area contributed by atoms with E-state index in [-0.39, 0.29) is 18.2 Å². The average Bonchev–Trinajstić information content (AvgIpc) is 2.75. The summed E-state index contributed by atoms with van der Waals surface area (Å²) in [4.78, 5) is 27.5. The summed E-state index contributed by atoms with van der Waals surface area (Å²) < 4.78 is 5.33. The molecule has 0 bridgehead atoms. The summed E-state index contributed by atoms with van der Waals surface area (Å²) in [5.41, 5.74) is 1.26. The molecule has 1 aliphatic heterocycles. The molecule has 1 heterocycles. The minimum atomic E-state index is -0.441. The van der Waals surface area contributed by atoms with Crippen molar-refractivity contribution in [1.29, 1.82) is 0 Å². The highest BCUT2D eigenvalue weighted by Gasteiger charge is 2.20. The van der Waals surface area contributed by atoms with Crippen LogP contribution in [0.2, 0.25) is 5.02 Å². The summed E-state index contributed by atoms with van der Waals surface area (Å²) in [6.07, 6.45) is 0.156. The van der Waals surface area contributed by atoms with Gasteiger partial charge >= 0.3 is 0 Å². The van der Waals surface area contributed by atoms with Crippen molar-refractivity contribution in [2.75, 3.05) is 39.4 Å². The predicted octanol–water partition coefficient (Wildman–Crippen LogP) is 2.65. The molecule has 1 aliphatic rings. The van der Waals surface area contributed by atoms with Gasteiger partial charge in [-0.25, -0.2) is 0 Å². The Bertz CT molecular complexity index is 810. The second-order valence-electron chi connectivity index (χ2n) is 6.92. The fourth-order valence-electron chi connectivity index (χ4n) is 3.25. The number of carbonyl (C=O) groups excluding carboxylic acids is 2. The van der Waals surface area contributed by atoms with Crippen molar-refractivity contribution < 1.29 is 14.3 Å². The normalized spacial score (nSPS) is 15.5. The van der Waals surface area contributed by atoms with E-state index in [1.54, 1.807) is 24.3 Å². The van der Waals surface area contributed by atoms with Gasteiger partial charge in [-0.1, -0.05) is 54.1 Å². The lowest BCUT2D eigenvalue weighted by Gasteiger charge is -2.26. The van der Waals surface area contributed by atoms with Crippen molar-refractivity contribution in [2.45, 2.75) is 12.5 Å². The number of morpholine rings is 1. The summed E-state index contributed by atoms with van der Waals surface area (Å²) in [7, 11) is 0. The zero-order valence-electron chi connectivity index (χ0n) is 16.3. The lowest BCUT2D eigenvalue weighted by atomic mass is 10.0. The second-order valence-corrected chi connectivity index (χ2v) is 7.33. The Hall–Kier alpha value is -2.41. The van der Waals surface area contributed by atoms with E-state index in [9.17, 15) is 9.59 Å². The Kier molecular flexibility index (Phi) is 8.04. The number of halogens is 1. The van der Waals surface area contributed by atoms with E-state index in [4.69, 9.17) is 16.3 Å². The lowest BCUT2D eigenvalue weighted by Crippen LogP contribution is -2.42. The van der Waals surface area contributed by atoms with E-state index >= 15 is 0 Å². The van der Waals surface area contributed by atoms with Gasteiger partial charge in [0.15, 0.2) is 0 Å². The fourth-order valence-corrected chi connectivity index (χ4v) is 3.48. The van der Waals surface area contributed by atoms with E-state index < -0.39 is 6.04 Å². The Balaban J connectivity index is 1.59. The van der Waals surface area contributed by atoms with Crippen LogP contribution in [-0.2, 0) is 9.53 Å². The molecule has 1 atom stereocenters. The molecule has 6 nitrogen and oxygen atoms in total. The van der Waals surface area contributed by atoms with Gasteiger partial charge in [-0.15, -0.1) is 0 Å². The molecule has 3 rings (SSSR count). The van der Waals surface area contributed by atoms with Gasteiger partial charge in [0, 0.05) is 26.2 Å². The van der Waals surface area contributed by atoms with Gasteiger partial charge in [0.05, 0.1) is 36.3 Å². The van der Waals surface area contributed by atoms with E-state index in [1.807, 2.05) is 30.3 Å². The zero-order valence-corrected chi connectivity index (χ0v) is 17.0. The molecule has 154 valence electrons. The van der Waals surface area contributed by atoms with Gasteiger partial charge in [0.1, 0.15) is 0 Å². The monoisotopic (exact) mass is 415 g/mol. The number of benzene rings is 2. The number of rotatable bonds is 8. The molecule has 0 aliphatic carbocycles. The van der Waals surface area contributed by atoms with Gasteiger partial charge in [0.2, 0.25) is 5.91 Å². The van der Waals surface area contributed by atoms with Gasteiger partial charge < -0.3 is 15.4 Å². The molecule has 0 aromatic heterocycles. The van der Waals surface area contributed by atoms with Crippen molar-refractivity contribution in [3.8, 4) is 0 Å². The maximum Gasteiger partial charge on any atom is 0.253 e. The molecule has 0 radical (unpaired) electrons. The van der Waals surface area contributed by atoms with E-state index in [1.165, 1.54) is 0 Å². The third-order valence-corrected chi connectivity index (χ3v) is 5.20. The van der Waals surface area contributed by atoms with Crippen LogP contribution in [0.1, 0.15) is 28.4 Å². The molecule has 2 N–H and O–H groups in total. The number of amides is 2. The molecule has 2 aromatic carbocycles. The number of ether oxygens (including phenoxy) is 1. The molecule has 29 heavy (non-hydrogen) atoms. The molecule has 1 unspecified atom stereocenters. The first-order chi connectivity index (χ1) is 14.1. The van der Waals surface area contributed by atoms with Crippen LogP contribution in [0.25, 0.3) is 0 Å². The first-order valence-corrected chi connectivity index (χ1v) is 10.2. The standard InChI is InChI=1S/C22H26ClN3O3/c23-19-9-5-4-8-18(19)22(28)25-20(17-6-2-1-3-7-17)16-21(27)24-10-11-26-12-14-29-15-13-26/h1-9,20H,10-16H2,(H,24,27)(H,25,28). The van der Waals surface area contributed by atoms with Crippen LogP contribution in [0.3, 0.4) is 0 Å². The zero-order chi connectivity index (χ0) is 20.5. The third-order valence-electron chi connectivity index (χ3n) is 4.87. The van der Waals surface area contributed by atoms with Crippen molar-refractivity contribution >= 4 is 23.4 Å². The van der Waals surface area contributed by atoms with Crippen molar-refractivity contribution in [3.63, 3.8) is 0 Å². The van der Waals surface area contributed by atoms with E-state index in [2.05, 4.69) is 15.5 Å². The van der Waals surface area contributed by atoms with Gasteiger partial charge in [-0.05, 0) is 17.7 Å². The number of nitrogens with one attached hydrogen (secondary N) is 2. The molecular weight excluding hydrogens is 390 g/mol. The molecule has 0 spiro atoms.